The molecule has 0 aromatic carbocycles. The van der Waals surface area contributed by atoms with E-state index < -0.39 is 0 Å². The van der Waals surface area contributed by atoms with Crippen LogP contribution in [0.1, 0.15) is 72.6 Å². The number of rotatable bonds is 13. The van der Waals surface area contributed by atoms with E-state index in [0.717, 1.165) is 13.0 Å². The Bertz CT molecular complexity index is 151. The van der Waals surface area contributed by atoms with Gasteiger partial charge in [-0.2, -0.15) is 5.48 Å². The van der Waals surface area contributed by atoms with E-state index in [4.69, 9.17) is 0 Å². The van der Waals surface area contributed by atoms with E-state index in [2.05, 4.69) is 17.2 Å². The minimum Gasteiger partial charge on any atom is -1.00 e. The molecule has 0 rings (SSSR count). The Balaban J connectivity index is -0.00000112. The quantitative estimate of drug-likeness (QED) is 0.227. The van der Waals surface area contributed by atoms with Crippen LogP contribution in [-0.2, 0) is 9.63 Å². The number of hydroxylamine groups is 1. The standard InChI is InChI=1S/C13H27NO2.Na.H/c1-2-3-4-5-6-7-8-9-10-11-12-14-16-13-15;;/h13-14H,2-12H2,1H3;;/q;+1;-1. The normalized spacial score (nSPS) is 9.71. The van der Waals surface area contributed by atoms with Crippen LogP contribution < -0.4 is 35.0 Å². The Morgan fingerprint density at radius 1 is 0.941 bits per heavy atom. The molecule has 0 saturated carbocycles. The summed E-state index contributed by atoms with van der Waals surface area (Å²) >= 11 is 0. The maximum atomic E-state index is 9.80. The molecule has 0 aliphatic heterocycles. The molecule has 0 aromatic rings. The summed E-state index contributed by atoms with van der Waals surface area (Å²) in [7, 11) is 0. The van der Waals surface area contributed by atoms with Gasteiger partial charge >= 0.3 is 36.0 Å². The number of carbonyl (C=O) groups excluding carboxylic acids is 1. The molecule has 0 spiro atoms. The first-order chi connectivity index (χ1) is 7.91. The van der Waals surface area contributed by atoms with Crippen LogP contribution in [-0.4, -0.2) is 13.0 Å². The van der Waals surface area contributed by atoms with E-state index in [9.17, 15) is 4.79 Å². The van der Waals surface area contributed by atoms with E-state index in [1.807, 2.05) is 0 Å². The first-order valence-corrected chi connectivity index (χ1v) is 6.74. The van der Waals surface area contributed by atoms with E-state index in [-0.39, 0.29) is 31.0 Å². The molecule has 0 aromatic heterocycles. The van der Waals surface area contributed by atoms with Gasteiger partial charge in [0.25, 0.3) is 0 Å². The predicted octanol–water partition coefficient (Wildman–Crippen LogP) is 0.701. The molecule has 0 aliphatic carbocycles. The van der Waals surface area contributed by atoms with Crippen molar-refractivity contribution in [2.75, 3.05) is 6.54 Å². The van der Waals surface area contributed by atoms with Crippen molar-refractivity contribution in [1.29, 1.82) is 0 Å². The van der Waals surface area contributed by atoms with Crippen molar-refractivity contribution >= 4 is 6.47 Å². The third kappa shape index (κ3) is 19.0. The van der Waals surface area contributed by atoms with Gasteiger partial charge in [0.1, 0.15) is 0 Å². The van der Waals surface area contributed by atoms with Gasteiger partial charge < -0.3 is 6.26 Å². The minimum absolute atomic E-state index is 0. The van der Waals surface area contributed by atoms with Gasteiger partial charge in [0.2, 0.25) is 0 Å². The van der Waals surface area contributed by atoms with Gasteiger partial charge in [-0.05, 0) is 6.42 Å². The maximum absolute atomic E-state index is 9.80. The zero-order valence-electron chi connectivity index (χ0n) is 12.7. The molecule has 0 atom stereocenters. The summed E-state index contributed by atoms with van der Waals surface area (Å²) in [6, 6.07) is 0. The number of unbranched alkanes of at least 4 members (excludes halogenated alkanes) is 9. The second kappa shape index (κ2) is 18.8. The van der Waals surface area contributed by atoms with Crippen molar-refractivity contribution in [2.45, 2.75) is 71.1 Å². The second-order valence-corrected chi connectivity index (χ2v) is 4.29. The van der Waals surface area contributed by atoms with E-state index in [1.54, 1.807) is 0 Å². The monoisotopic (exact) mass is 253 g/mol. The molecule has 0 heterocycles. The fourth-order valence-corrected chi connectivity index (χ4v) is 1.78. The van der Waals surface area contributed by atoms with Gasteiger partial charge in [0.05, 0.1) is 0 Å². The Hall–Kier alpha value is 0.430. The molecule has 98 valence electrons. The van der Waals surface area contributed by atoms with Crippen LogP contribution in [0.15, 0.2) is 0 Å². The molecule has 0 radical (unpaired) electrons. The minimum atomic E-state index is 0. The molecule has 0 unspecified atom stereocenters. The maximum Gasteiger partial charge on any atom is 1.00 e. The third-order valence-corrected chi connectivity index (χ3v) is 2.76. The molecule has 1 N–H and O–H groups in total. The van der Waals surface area contributed by atoms with E-state index in [0.29, 0.717) is 6.47 Å². The van der Waals surface area contributed by atoms with Crippen LogP contribution in [0.3, 0.4) is 0 Å². The zero-order valence-corrected chi connectivity index (χ0v) is 13.7. The molecule has 3 nitrogen and oxygen atoms in total. The molecular formula is C13H28NNaO2. The summed E-state index contributed by atoms with van der Waals surface area (Å²) in [6.07, 6.45) is 13.3. The molecule has 0 saturated heterocycles. The van der Waals surface area contributed by atoms with Crippen molar-refractivity contribution < 1.29 is 40.6 Å². The van der Waals surface area contributed by atoms with Crippen LogP contribution in [0.25, 0.3) is 0 Å². The van der Waals surface area contributed by atoms with Crippen LogP contribution in [0.4, 0.5) is 0 Å². The molecule has 17 heavy (non-hydrogen) atoms. The first-order valence-electron chi connectivity index (χ1n) is 6.74. The number of hydrogen-bond acceptors (Lipinski definition) is 3. The third-order valence-electron chi connectivity index (χ3n) is 2.76. The SMILES string of the molecule is CCCCCCCCCCCCNOC=O.[H-].[Na+]. The summed E-state index contributed by atoms with van der Waals surface area (Å²) in [5, 5.41) is 0. The van der Waals surface area contributed by atoms with Crippen LogP contribution in [0, 0.1) is 0 Å². The summed E-state index contributed by atoms with van der Waals surface area (Å²) in [5.41, 5.74) is 2.59. The fourth-order valence-electron chi connectivity index (χ4n) is 1.78. The predicted molar refractivity (Wildman–Crippen MR) is 68.1 cm³/mol. The van der Waals surface area contributed by atoms with Gasteiger partial charge in [-0.15, -0.1) is 0 Å². The Morgan fingerprint density at radius 3 is 1.88 bits per heavy atom. The number of carbonyl (C=O) groups is 1. The topological polar surface area (TPSA) is 38.3 Å². The van der Waals surface area contributed by atoms with Crippen molar-refractivity contribution in [2.24, 2.45) is 0 Å². The fraction of sp³-hybridized carbons (Fsp3) is 0.923. The summed E-state index contributed by atoms with van der Waals surface area (Å²) in [6.45, 7) is 3.45. The molecular weight excluding hydrogens is 225 g/mol. The van der Waals surface area contributed by atoms with Gasteiger partial charge in [0.15, 0.2) is 0 Å². The summed E-state index contributed by atoms with van der Waals surface area (Å²) in [5.74, 6) is 0. The summed E-state index contributed by atoms with van der Waals surface area (Å²) < 4.78 is 0. The zero-order chi connectivity index (χ0) is 11.9. The van der Waals surface area contributed by atoms with Gasteiger partial charge in [0, 0.05) is 6.54 Å². The average molecular weight is 253 g/mol. The Morgan fingerprint density at radius 2 is 1.41 bits per heavy atom. The van der Waals surface area contributed by atoms with Crippen LogP contribution in [0.2, 0.25) is 0 Å². The van der Waals surface area contributed by atoms with Crippen molar-refractivity contribution in [3.8, 4) is 0 Å². The molecule has 4 heteroatoms. The molecule has 0 fully saturated rings. The van der Waals surface area contributed by atoms with Crippen molar-refractivity contribution in [3.05, 3.63) is 0 Å². The molecule has 0 bridgehead atoms. The average Bonchev–Trinajstić information content (AvgIpc) is 2.31. The summed E-state index contributed by atoms with van der Waals surface area (Å²) in [4.78, 5) is 14.2. The van der Waals surface area contributed by atoms with E-state index >= 15 is 0 Å². The van der Waals surface area contributed by atoms with Crippen molar-refractivity contribution in [1.82, 2.24) is 5.48 Å². The van der Waals surface area contributed by atoms with Gasteiger partial charge in [-0.25, -0.2) is 0 Å². The van der Waals surface area contributed by atoms with E-state index in [1.165, 1.54) is 57.8 Å². The first kappa shape index (κ1) is 19.8. The largest absolute Gasteiger partial charge is 1.00 e. The molecule has 0 aliphatic rings. The second-order valence-electron chi connectivity index (χ2n) is 4.29. The van der Waals surface area contributed by atoms with Crippen LogP contribution >= 0.6 is 0 Å². The van der Waals surface area contributed by atoms with Crippen molar-refractivity contribution in [3.63, 3.8) is 0 Å². The Kier molecular flexibility index (Phi) is 21.8. The molecule has 0 amide bonds. The smallest absolute Gasteiger partial charge is 1.00 e. The number of nitrogens with one attached hydrogen (secondary N) is 1. The van der Waals surface area contributed by atoms with Crippen LogP contribution in [0.5, 0.6) is 0 Å². The van der Waals surface area contributed by atoms with Gasteiger partial charge in [-0.1, -0.05) is 64.7 Å². The van der Waals surface area contributed by atoms with Gasteiger partial charge in [-0.3, -0.25) is 4.79 Å². The Labute approximate surface area is 130 Å². The number of hydrogen-bond donors (Lipinski definition) is 1.